The summed E-state index contributed by atoms with van der Waals surface area (Å²) in [6.07, 6.45) is -2.13. The van der Waals surface area contributed by atoms with Crippen molar-refractivity contribution in [3.8, 4) is 5.88 Å². The van der Waals surface area contributed by atoms with Crippen LogP contribution in [0.1, 0.15) is 17.5 Å². The van der Waals surface area contributed by atoms with Gasteiger partial charge in [0.25, 0.3) is 0 Å². The van der Waals surface area contributed by atoms with Crippen molar-refractivity contribution in [2.45, 2.75) is 17.8 Å². The Bertz CT molecular complexity index is 1320. The summed E-state index contributed by atoms with van der Waals surface area (Å²) in [5.74, 6) is -0.793. The molecule has 4 rings (SSSR count). The van der Waals surface area contributed by atoms with Gasteiger partial charge in [0.05, 0.1) is 27.6 Å². The topological polar surface area (TPSA) is 85.8 Å². The molecule has 0 aliphatic carbocycles. The molecule has 2 aromatic carbocycles. The van der Waals surface area contributed by atoms with Crippen LogP contribution < -0.4 is 4.90 Å². The summed E-state index contributed by atoms with van der Waals surface area (Å²) in [5.41, 5.74) is -0.492. The monoisotopic (exact) mass is 469 g/mol. The van der Waals surface area contributed by atoms with Gasteiger partial charge in [0.1, 0.15) is 5.82 Å². The van der Waals surface area contributed by atoms with Crippen LogP contribution in [-0.2, 0) is 16.0 Å². The van der Waals surface area contributed by atoms with Gasteiger partial charge in [0, 0.05) is 36.6 Å². The van der Waals surface area contributed by atoms with E-state index in [1.807, 2.05) is 0 Å². The average molecular weight is 469 g/mol. The highest BCUT2D eigenvalue weighted by Gasteiger charge is 2.38. The number of benzene rings is 2. The van der Waals surface area contributed by atoms with Crippen molar-refractivity contribution in [1.29, 1.82) is 0 Å². The van der Waals surface area contributed by atoms with Crippen molar-refractivity contribution in [2.75, 3.05) is 24.2 Å². The molecule has 0 saturated carbocycles. The molecule has 170 valence electrons. The number of aromatic amines is 1. The van der Waals surface area contributed by atoms with Gasteiger partial charge in [-0.05, 0) is 42.8 Å². The number of hydrogen-bond donors (Lipinski definition) is 2. The predicted molar refractivity (Wildman–Crippen MR) is 114 cm³/mol. The number of halogens is 4. The van der Waals surface area contributed by atoms with Crippen molar-refractivity contribution in [3.05, 3.63) is 53.3 Å². The largest absolute Gasteiger partial charge is 0.494 e. The van der Waals surface area contributed by atoms with Gasteiger partial charge in [-0.15, -0.1) is 0 Å². The number of rotatable bonds is 4. The van der Waals surface area contributed by atoms with Crippen LogP contribution in [-0.4, -0.2) is 49.3 Å². The van der Waals surface area contributed by atoms with Crippen molar-refractivity contribution in [3.63, 3.8) is 0 Å². The number of fused-ring (bicyclic) bond motifs is 1. The summed E-state index contributed by atoms with van der Waals surface area (Å²) in [5, 5.41) is 9.81. The first kappa shape index (κ1) is 22.1. The second kappa shape index (κ2) is 7.80. The molecule has 0 spiro atoms. The second-order valence-electron chi connectivity index (χ2n) is 7.72. The third kappa shape index (κ3) is 4.29. The third-order valence-corrected chi connectivity index (χ3v) is 7.10. The minimum atomic E-state index is -4.68. The van der Waals surface area contributed by atoms with Crippen LogP contribution in [0.5, 0.6) is 5.88 Å². The van der Waals surface area contributed by atoms with E-state index in [1.54, 1.807) is 0 Å². The first-order chi connectivity index (χ1) is 14.9. The van der Waals surface area contributed by atoms with E-state index >= 15 is 0 Å². The number of nitrogens with zero attached hydrogens (tertiary/aromatic N) is 2. The first-order valence-corrected chi connectivity index (χ1v) is 11.6. The molecule has 0 bridgehead atoms. The van der Waals surface area contributed by atoms with Crippen molar-refractivity contribution >= 4 is 38.3 Å². The minimum Gasteiger partial charge on any atom is -0.494 e. The molecule has 1 atom stereocenters. The number of nitrogens with one attached hydrogen (secondary N) is 1. The smallest absolute Gasteiger partial charge is 0.418 e. The molecule has 1 saturated heterocycles. The van der Waals surface area contributed by atoms with Gasteiger partial charge in [-0.3, -0.25) is 4.99 Å². The fourth-order valence-electron chi connectivity index (χ4n) is 3.85. The standard InChI is InChI=1S/C21H19F4N3O3S/c1-32(30,31)14-6-7-28(11-14)19-5-3-13(9-17(19)21(23,24)25)26-10-16-15-4-2-12(22)8-18(15)27-20(16)29/h2-5,8-10,14,27,29H,6-7,11H2,1H3. The van der Waals surface area contributed by atoms with E-state index in [-0.39, 0.29) is 42.3 Å². The Morgan fingerprint density at radius 1 is 1.22 bits per heavy atom. The Morgan fingerprint density at radius 2 is 1.97 bits per heavy atom. The Morgan fingerprint density at radius 3 is 2.62 bits per heavy atom. The molecule has 1 fully saturated rings. The maximum Gasteiger partial charge on any atom is 0.418 e. The molecule has 11 heteroatoms. The summed E-state index contributed by atoms with van der Waals surface area (Å²) in [4.78, 5) is 8.07. The lowest BCUT2D eigenvalue weighted by Crippen LogP contribution is -2.27. The highest BCUT2D eigenvalue weighted by atomic mass is 32.2. The summed E-state index contributed by atoms with van der Waals surface area (Å²) in [6.45, 7) is 0.188. The number of aromatic nitrogens is 1. The Hall–Kier alpha value is -3.08. The van der Waals surface area contributed by atoms with E-state index in [0.29, 0.717) is 10.9 Å². The lowest BCUT2D eigenvalue weighted by molar-refractivity contribution is -0.137. The minimum absolute atomic E-state index is 0.00389. The third-order valence-electron chi connectivity index (χ3n) is 5.50. The molecule has 3 aromatic rings. The number of aromatic hydroxyl groups is 1. The van der Waals surface area contributed by atoms with E-state index in [4.69, 9.17) is 0 Å². The SMILES string of the molecule is CS(=O)(=O)C1CCN(c2ccc(N=Cc3c(O)[nH]c4cc(F)ccc34)cc2C(F)(F)F)C1. The van der Waals surface area contributed by atoms with Crippen LogP contribution in [0.2, 0.25) is 0 Å². The summed E-state index contributed by atoms with van der Waals surface area (Å²) < 4.78 is 78.2. The zero-order valence-electron chi connectivity index (χ0n) is 16.8. The molecular weight excluding hydrogens is 450 g/mol. The van der Waals surface area contributed by atoms with Gasteiger partial charge in [-0.2, -0.15) is 13.2 Å². The van der Waals surface area contributed by atoms with Gasteiger partial charge < -0.3 is 15.0 Å². The summed E-state index contributed by atoms with van der Waals surface area (Å²) in [7, 11) is -3.36. The predicted octanol–water partition coefficient (Wildman–Crippen LogP) is 4.41. The lowest BCUT2D eigenvalue weighted by atomic mass is 10.1. The summed E-state index contributed by atoms with van der Waals surface area (Å²) >= 11 is 0. The van der Waals surface area contributed by atoms with Gasteiger partial charge in [-0.1, -0.05) is 0 Å². The molecule has 1 aromatic heterocycles. The Kier molecular flexibility index (Phi) is 5.40. The molecular formula is C21H19F4N3O3S. The fraction of sp³-hybridized carbons (Fsp3) is 0.286. The van der Waals surface area contributed by atoms with Crippen LogP contribution >= 0.6 is 0 Å². The lowest BCUT2D eigenvalue weighted by Gasteiger charge is -2.23. The normalized spacial score (nSPS) is 17.7. The zero-order chi connectivity index (χ0) is 23.3. The molecule has 1 unspecified atom stereocenters. The van der Waals surface area contributed by atoms with E-state index in [2.05, 4.69) is 9.98 Å². The van der Waals surface area contributed by atoms with Gasteiger partial charge >= 0.3 is 6.18 Å². The quantitative estimate of drug-likeness (QED) is 0.438. The van der Waals surface area contributed by atoms with Crippen molar-refractivity contribution in [2.24, 2.45) is 4.99 Å². The molecule has 2 N–H and O–H groups in total. The van der Waals surface area contributed by atoms with Gasteiger partial charge in [-0.25, -0.2) is 12.8 Å². The van der Waals surface area contributed by atoms with E-state index in [0.717, 1.165) is 12.3 Å². The van der Waals surface area contributed by atoms with Crippen LogP contribution in [0.15, 0.2) is 41.4 Å². The highest BCUT2D eigenvalue weighted by molar-refractivity contribution is 7.91. The van der Waals surface area contributed by atoms with Crippen molar-refractivity contribution < 1.29 is 31.1 Å². The first-order valence-electron chi connectivity index (χ1n) is 9.63. The number of sulfone groups is 1. The number of anilines is 1. The second-order valence-corrected chi connectivity index (χ2v) is 10.0. The van der Waals surface area contributed by atoms with Crippen molar-refractivity contribution in [1.82, 2.24) is 4.98 Å². The average Bonchev–Trinajstić information content (AvgIpc) is 3.29. The molecule has 0 amide bonds. The van der Waals surface area contributed by atoms with E-state index in [9.17, 15) is 31.1 Å². The van der Waals surface area contributed by atoms with Gasteiger partial charge in [0.15, 0.2) is 15.7 Å². The number of aliphatic imine (C=N–C) groups is 1. The van der Waals surface area contributed by atoms with Crippen LogP contribution in [0.25, 0.3) is 10.9 Å². The van der Waals surface area contributed by atoms with Crippen LogP contribution in [0, 0.1) is 5.82 Å². The molecule has 1 aliphatic rings. The summed E-state index contributed by atoms with van der Waals surface area (Å²) in [6, 6.07) is 7.35. The fourth-order valence-corrected chi connectivity index (χ4v) is 4.83. The Labute approximate surface area is 181 Å². The van der Waals surface area contributed by atoms with E-state index in [1.165, 1.54) is 41.4 Å². The molecule has 2 heterocycles. The van der Waals surface area contributed by atoms with E-state index < -0.39 is 32.6 Å². The Balaban J connectivity index is 1.68. The molecule has 0 radical (unpaired) electrons. The highest BCUT2D eigenvalue weighted by Crippen LogP contribution is 2.40. The van der Waals surface area contributed by atoms with Crippen LogP contribution in [0.4, 0.5) is 28.9 Å². The maximum absolute atomic E-state index is 13.8. The molecule has 32 heavy (non-hydrogen) atoms. The zero-order valence-corrected chi connectivity index (χ0v) is 17.6. The number of hydrogen-bond acceptors (Lipinski definition) is 5. The molecule has 6 nitrogen and oxygen atoms in total. The molecule has 1 aliphatic heterocycles. The maximum atomic E-state index is 13.8. The number of H-pyrrole nitrogens is 1. The van der Waals surface area contributed by atoms with Gasteiger partial charge in [0.2, 0.25) is 0 Å². The number of alkyl halides is 3. The van der Waals surface area contributed by atoms with Crippen LogP contribution in [0.3, 0.4) is 0 Å².